The third-order valence-corrected chi connectivity index (χ3v) is 4.98. The Bertz CT molecular complexity index is 341. The van der Waals surface area contributed by atoms with Gasteiger partial charge in [-0.25, -0.2) is 0 Å². The lowest BCUT2D eigenvalue weighted by Gasteiger charge is -2.37. The Morgan fingerprint density at radius 3 is 2.45 bits per heavy atom. The monoisotopic (exact) mass is 277 g/mol. The fourth-order valence-electron chi connectivity index (χ4n) is 3.01. The lowest BCUT2D eigenvalue weighted by Crippen LogP contribution is -2.56. The third kappa shape index (κ3) is 3.96. The summed E-state index contributed by atoms with van der Waals surface area (Å²) in [5, 5.41) is 13.6. The Hall–Kier alpha value is -0.590. The van der Waals surface area contributed by atoms with E-state index in [0.717, 1.165) is 13.1 Å². The maximum Gasteiger partial charge on any atom is 0.122 e. The van der Waals surface area contributed by atoms with E-state index in [9.17, 15) is 5.26 Å². The van der Waals surface area contributed by atoms with Crippen LogP contribution >= 0.6 is 0 Å². The molecule has 3 heteroatoms. The van der Waals surface area contributed by atoms with E-state index >= 15 is 0 Å². The zero-order valence-electron chi connectivity index (χ0n) is 13.5. The average molecular weight is 277 g/mol. The molecule has 0 aliphatic heterocycles. The van der Waals surface area contributed by atoms with Gasteiger partial charge >= 0.3 is 0 Å². The van der Waals surface area contributed by atoms with Crippen molar-refractivity contribution in [2.75, 3.05) is 13.1 Å². The maximum atomic E-state index is 9.85. The number of rotatable bonds is 10. The predicted molar refractivity (Wildman–Crippen MR) is 83.5 cm³/mol. The lowest BCUT2D eigenvalue weighted by atomic mass is 9.92. The van der Waals surface area contributed by atoms with Crippen LogP contribution in [0.4, 0.5) is 0 Å². The van der Waals surface area contributed by atoms with Gasteiger partial charge in [-0.2, -0.15) is 5.26 Å². The molecule has 0 aromatic heterocycles. The van der Waals surface area contributed by atoms with Crippen LogP contribution in [-0.4, -0.2) is 35.6 Å². The molecule has 114 valence electrons. The summed E-state index contributed by atoms with van der Waals surface area (Å²) in [7, 11) is 0. The van der Waals surface area contributed by atoms with Crippen LogP contribution in [0.25, 0.3) is 0 Å². The zero-order chi connectivity index (χ0) is 14.6. The molecule has 20 heavy (non-hydrogen) atoms. The van der Waals surface area contributed by atoms with Gasteiger partial charge in [-0.05, 0) is 57.9 Å². The number of nitriles is 1. The first kappa shape index (κ1) is 15.8. The molecule has 0 aromatic rings. The van der Waals surface area contributed by atoms with Crippen LogP contribution in [0.15, 0.2) is 0 Å². The fourth-order valence-corrected chi connectivity index (χ4v) is 3.01. The van der Waals surface area contributed by atoms with Gasteiger partial charge in [0.2, 0.25) is 0 Å². The van der Waals surface area contributed by atoms with Crippen LogP contribution in [0.5, 0.6) is 0 Å². The van der Waals surface area contributed by atoms with Crippen molar-refractivity contribution in [2.45, 2.75) is 83.3 Å². The van der Waals surface area contributed by atoms with Gasteiger partial charge in [0.15, 0.2) is 0 Å². The molecule has 2 fully saturated rings. The number of nitrogens with one attached hydrogen (secondary N) is 1. The molecule has 0 spiro atoms. The van der Waals surface area contributed by atoms with Crippen molar-refractivity contribution >= 4 is 0 Å². The molecule has 2 atom stereocenters. The average Bonchev–Trinajstić information content (AvgIpc) is 3.33. The number of nitrogens with zero attached hydrogens (tertiary/aromatic N) is 2. The summed E-state index contributed by atoms with van der Waals surface area (Å²) >= 11 is 0. The van der Waals surface area contributed by atoms with Gasteiger partial charge in [0.1, 0.15) is 5.54 Å². The predicted octanol–water partition coefficient (Wildman–Crippen LogP) is 3.31. The standard InChI is InChI=1S/C17H31N3/c1-4-6-11-20(14(3)5-2)13-17(12-18,15-7-8-15)19-16-9-10-16/h14-16,19H,4-11,13H2,1-3H3. The highest BCUT2D eigenvalue weighted by Crippen LogP contribution is 2.42. The van der Waals surface area contributed by atoms with Crippen molar-refractivity contribution in [1.29, 1.82) is 5.26 Å². The first-order chi connectivity index (χ1) is 9.65. The van der Waals surface area contributed by atoms with E-state index < -0.39 is 0 Å². The van der Waals surface area contributed by atoms with Gasteiger partial charge in [0.05, 0.1) is 6.07 Å². The second-order valence-electron chi connectivity index (χ2n) is 6.86. The van der Waals surface area contributed by atoms with Crippen molar-refractivity contribution in [3.8, 4) is 6.07 Å². The molecule has 2 saturated carbocycles. The van der Waals surface area contributed by atoms with Gasteiger partial charge < -0.3 is 0 Å². The largest absolute Gasteiger partial charge is 0.298 e. The number of hydrogen-bond donors (Lipinski definition) is 1. The molecule has 3 nitrogen and oxygen atoms in total. The zero-order valence-corrected chi connectivity index (χ0v) is 13.5. The SMILES string of the molecule is CCCCN(CC(C#N)(NC1CC1)C1CC1)C(C)CC. The topological polar surface area (TPSA) is 39.1 Å². The van der Waals surface area contributed by atoms with Crippen molar-refractivity contribution in [3.63, 3.8) is 0 Å². The molecule has 0 amide bonds. The number of hydrogen-bond acceptors (Lipinski definition) is 3. The van der Waals surface area contributed by atoms with Gasteiger partial charge in [-0.1, -0.05) is 20.3 Å². The normalized spacial score (nSPS) is 23.4. The minimum atomic E-state index is -0.279. The molecule has 1 N–H and O–H groups in total. The van der Waals surface area contributed by atoms with Crippen LogP contribution in [0.3, 0.4) is 0 Å². The molecule has 2 rings (SSSR count). The van der Waals surface area contributed by atoms with E-state index in [0.29, 0.717) is 18.0 Å². The van der Waals surface area contributed by atoms with Crippen LogP contribution in [0.1, 0.15) is 65.7 Å². The Morgan fingerprint density at radius 1 is 1.30 bits per heavy atom. The van der Waals surface area contributed by atoms with Gasteiger partial charge in [-0.3, -0.25) is 10.2 Å². The van der Waals surface area contributed by atoms with Gasteiger partial charge in [0, 0.05) is 18.6 Å². The van der Waals surface area contributed by atoms with E-state index in [1.807, 2.05) is 0 Å². The minimum Gasteiger partial charge on any atom is -0.298 e. The molecule has 2 unspecified atom stereocenters. The quantitative estimate of drug-likeness (QED) is 0.666. The molecule has 0 bridgehead atoms. The molecule has 0 aromatic carbocycles. The molecule has 2 aliphatic rings. The van der Waals surface area contributed by atoms with Crippen molar-refractivity contribution in [2.24, 2.45) is 5.92 Å². The van der Waals surface area contributed by atoms with E-state index in [4.69, 9.17) is 0 Å². The summed E-state index contributed by atoms with van der Waals surface area (Å²) in [4.78, 5) is 2.56. The van der Waals surface area contributed by atoms with Crippen molar-refractivity contribution in [3.05, 3.63) is 0 Å². The summed E-state index contributed by atoms with van der Waals surface area (Å²) < 4.78 is 0. The summed E-state index contributed by atoms with van der Waals surface area (Å²) in [6, 6.07) is 3.87. The Labute approximate surface area is 124 Å². The van der Waals surface area contributed by atoms with Crippen LogP contribution in [0, 0.1) is 17.2 Å². The first-order valence-corrected chi connectivity index (χ1v) is 8.58. The van der Waals surface area contributed by atoms with Crippen LogP contribution in [0.2, 0.25) is 0 Å². The van der Waals surface area contributed by atoms with Gasteiger partial charge in [-0.15, -0.1) is 0 Å². The highest BCUT2D eigenvalue weighted by molar-refractivity contribution is 5.18. The Kier molecular flexibility index (Phi) is 5.46. The minimum absolute atomic E-state index is 0.279. The Morgan fingerprint density at radius 2 is 2.00 bits per heavy atom. The summed E-state index contributed by atoms with van der Waals surface area (Å²) in [5.74, 6) is 0.585. The summed E-state index contributed by atoms with van der Waals surface area (Å²) in [6.45, 7) is 8.86. The molecule has 2 aliphatic carbocycles. The Balaban J connectivity index is 2.04. The van der Waals surface area contributed by atoms with E-state index in [1.54, 1.807) is 0 Å². The number of unbranched alkanes of at least 4 members (excludes halogenated alkanes) is 1. The van der Waals surface area contributed by atoms with Crippen LogP contribution < -0.4 is 5.32 Å². The molecule has 0 heterocycles. The highest BCUT2D eigenvalue weighted by atomic mass is 15.2. The fraction of sp³-hybridized carbons (Fsp3) is 0.941. The summed E-state index contributed by atoms with van der Waals surface area (Å²) in [6.07, 6.45) is 8.61. The lowest BCUT2D eigenvalue weighted by molar-refractivity contribution is 0.146. The van der Waals surface area contributed by atoms with Crippen molar-refractivity contribution < 1.29 is 0 Å². The van der Waals surface area contributed by atoms with E-state index in [2.05, 4.69) is 37.1 Å². The summed E-state index contributed by atoms with van der Waals surface area (Å²) in [5.41, 5.74) is -0.279. The van der Waals surface area contributed by atoms with E-state index in [-0.39, 0.29) is 5.54 Å². The maximum absolute atomic E-state index is 9.85. The molecular formula is C17H31N3. The molecule has 0 saturated heterocycles. The molecule has 0 radical (unpaired) electrons. The second-order valence-corrected chi connectivity index (χ2v) is 6.86. The van der Waals surface area contributed by atoms with Crippen molar-refractivity contribution in [1.82, 2.24) is 10.2 Å². The second kappa shape index (κ2) is 6.91. The smallest absolute Gasteiger partial charge is 0.122 e. The van der Waals surface area contributed by atoms with E-state index in [1.165, 1.54) is 44.9 Å². The third-order valence-electron chi connectivity index (χ3n) is 4.98. The highest BCUT2D eigenvalue weighted by Gasteiger charge is 2.49. The van der Waals surface area contributed by atoms with Gasteiger partial charge in [0.25, 0.3) is 0 Å². The first-order valence-electron chi connectivity index (χ1n) is 8.58. The molecular weight excluding hydrogens is 246 g/mol. The van der Waals surface area contributed by atoms with Crippen LogP contribution in [-0.2, 0) is 0 Å².